The highest BCUT2D eigenvalue weighted by Crippen LogP contribution is 2.19. The van der Waals surface area contributed by atoms with Gasteiger partial charge in [0, 0.05) is 19.0 Å². The standard InChI is InChI=1S/C13H23N3O2/c1-2-16-8-4-5-10(16)9-12(17)15-11-6-3-7-14-13(11)18/h10-11H,2-9H2,1H3,(H,14,18)(H,15,17). The molecule has 2 heterocycles. The summed E-state index contributed by atoms with van der Waals surface area (Å²) in [7, 11) is 0. The molecule has 18 heavy (non-hydrogen) atoms. The van der Waals surface area contributed by atoms with Crippen LogP contribution in [0.3, 0.4) is 0 Å². The molecule has 2 aliphatic rings. The summed E-state index contributed by atoms with van der Waals surface area (Å²) in [5.74, 6) is -0.0178. The number of carbonyl (C=O) groups is 2. The Morgan fingerprint density at radius 3 is 3.00 bits per heavy atom. The minimum atomic E-state index is -0.317. The average molecular weight is 253 g/mol. The number of hydrogen-bond acceptors (Lipinski definition) is 3. The predicted octanol–water partition coefficient (Wildman–Crippen LogP) is 0.256. The fraction of sp³-hybridized carbons (Fsp3) is 0.846. The van der Waals surface area contributed by atoms with E-state index in [1.807, 2.05) is 0 Å². The van der Waals surface area contributed by atoms with Crippen LogP contribution in [0, 0.1) is 0 Å². The molecule has 2 N–H and O–H groups in total. The maximum atomic E-state index is 12.0. The molecule has 2 fully saturated rings. The lowest BCUT2D eigenvalue weighted by Crippen LogP contribution is -2.51. The van der Waals surface area contributed by atoms with Gasteiger partial charge in [-0.2, -0.15) is 0 Å². The number of hydrogen-bond donors (Lipinski definition) is 2. The van der Waals surface area contributed by atoms with Crippen molar-refractivity contribution >= 4 is 11.8 Å². The Balaban J connectivity index is 1.79. The summed E-state index contributed by atoms with van der Waals surface area (Å²) in [6, 6.07) is 0.0457. The lowest BCUT2D eigenvalue weighted by molar-refractivity contribution is -0.130. The molecule has 0 aromatic heterocycles. The summed E-state index contributed by atoms with van der Waals surface area (Å²) in [6.07, 6.45) is 4.51. The lowest BCUT2D eigenvalue weighted by Gasteiger charge is -2.25. The van der Waals surface area contributed by atoms with Gasteiger partial charge in [0.15, 0.2) is 0 Å². The molecule has 2 rings (SSSR count). The van der Waals surface area contributed by atoms with Crippen LogP contribution in [0.4, 0.5) is 0 Å². The van der Waals surface area contributed by atoms with Gasteiger partial charge in [-0.05, 0) is 38.8 Å². The third-order valence-electron chi connectivity index (χ3n) is 3.95. The summed E-state index contributed by atoms with van der Waals surface area (Å²) < 4.78 is 0. The van der Waals surface area contributed by atoms with Crippen molar-refractivity contribution < 1.29 is 9.59 Å². The van der Waals surface area contributed by atoms with Crippen molar-refractivity contribution in [2.75, 3.05) is 19.6 Å². The summed E-state index contributed by atoms with van der Waals surface area (Å²) in [5.41, 5.74) is 0. The SMILES string of the molecule is CCN1CCCC1CC(=O)NC1CCCNC1=O. The van der Waals surface area contributed by atoms with E-state index in [0.29, 0.717) is 12.5 Å². The molecular weight excluding hydrogens is 230 g/mol. The number of likely N-dealkylation sites (tertiary alicyclic amines) is 1. The lowest BCUT2D eigenvalue weighted by atomic mass is 10.1. The molecule has 0 aliphatic carbocycles. The average Bonchev–Trinajstić information content (AvgIpc) is 2.79. The van der Waals surface area contributed by atoms with Crippen LogP contribution in [0.5, 0.6) is 0 Å². The van der Waals surface area contributed by atoms with Crippen molar-refractivity contribution in [3.63, 3.8) is 0 Å². The van der Waals surface area contributed by atoms with Crippen molar-refractivity contribution in [3.8, 4) is 0 Å². The summed E-state index contributed by atoms with van der Waals surface area (Å²) in [4.78, 5) is 25.9. The summed E-state index contributed by atoms with van der Waals surface area (Å²) in [6.45, 7) is 4.96. The van der Waals surface area contributed by atoms with Crippen LogP contribution in [-0.4, -0.2) is 48.4 Å². The van der Waals surface area contributed by atoms with E-state index in [1.54, 1.807) is 0 Å². The van der Waals surface area contributed by atoms with Crippen LogP contribution >= 0.6 is 0 Å². The van der Waals surface area contributed by atoms with E-state index in [-0.39, 0.29) is 17.9 Å². The molecule has 2 atom stereocenters. The van der Waals surface area contributed by atoms with Gasteiger partial charge < -0.3 is 15.5 Å². The highest BCUT2D eigenvalue weighted by atomic mass is 16.2. The van der Waals surface area contributed by atoms with Gasteiger partial charge in [-0.25, -0.2) is 0 Å². The molecule has 102 valence electrons. The van der Waals surface area contributed by atoms with Crippen LogP contribution in [0.25, 0.3) is 0 Å². The van der Waals surface area contributed by atoms with Gasteiger partial charge >= 0.3 is 0 Å². The zero-order valence-corrected chi connectivity index (χ0v) is 11.1. The quantitative estimate of drug-likeness (QED) is 0.755. The number of rotatable bonds is 4. The molecule has 5 heteroatoms. The second-order valence-corrected chi connectivity index (χ2v) is 5.18. The first-order chi connectivity index (χ1) is 8.70. The molecule has 5 nitrogen and oxygen atoms in total. The number of nitrogens with zero attached hydrogens (tertiary/aromatic N) is 1. The van der Waals surface area contributed by atoms with E-state index >= 15 is 0 Å². The smallest absolute Gasteiger partial charge is 0.242 e. The molecule has 0 bridgehead atoms. The van der Waals surface area contributed by atoms with Crippen LogP contribution in [0.15, 0.2) is 0 Å². The first kappa shape index (κ1) is 13.3. The van der Waals surface area contributed by atoms with Crippen molar-refractivity contribution in [2.24, 2.45) is 0 Å². The van der Waals surface area contributed by atoms with E-state index in [1.165, 1.54) is 6.42 Å². The molecule has 2 saturated heterocycles. The van der Waals surface area contributed by atoms with E-state index < -0.39 is 0 Å². The Bertz CT molecular complexity index is 319. The molecule has 0 aromatic rings. The fourth-order valence-corrected chi connectivity index (χ4v) is 2.92. The minimum Gasteiger partial charge on any atom is -0.354 e. The molecule has 0 saturated carbocycles. The predicted molar refractivity (Wildman–Crippen MR) is 69.1 cm³/mol. The zero-order chi connectivity index (χ0) is 13.0. The number of nitrogens with one attached hydrogen (secondary N) is 2. The van der Waals surface area contributed by atoms with E-state index in [2.05, 4.69) is 22.5 Å². The maximum absolute atomic E-state index is 12.0. The first-order valence-corrected chi connectivity index (χ1v) is 7.02. The molecule has 2 aliphatic heterocycles. The van der Waals surface area contributed by atoms with Crippen molar-refractivity contribution in [2.45, 2.75) is 51.1 Å². The maximum Gasteiger partial charge on any atom is 0.242 e. The highest BCUT2D eigenvalue weighted by molar-refractivity contribution is 5.88. The van der Waals surface area contributed by atoms with Gasteiger partial charge in [0.1, 0.15) is 6.04 Å². The largest absolute Gasteiger partial charge is 0.354 e. The van der Waals surface area contributed by atoms with Crippen LogP contribution < -0.4 is 10.6 Å². The molecule has 0 spiro atoms. The van der Waals surface area contributed by atoms with Gasteiger partial charge in [0.25, 0.3) is 0 Å². The summed E-state index contributed by atoms with van der Waals surface area (Å²) in [5, 5.41) is 5.65. The normalized spacial score (nSPS) is 29.1. The number of carbonyl (C=O) groups excluding carboxylic acids is 2. The fourth-order valence-electron chi connectivity index (χ4n) is 2.92. The third kappa shape index (κ3) is 3.22. The van der Waals surface area contributed by atoms with Crippen LogP contribution in [-0.2, 0) is 9.59 Å². The van der Waals surface area contributed by atoms with Crippen molar-refractivity contribution in [1.29, 1.82) is 0 Å². The Morgan fingerprint density at radius 1 is 1.44 bits per heavy atom. The second kappa shape index (κ2) is 6.18. The van der Waals surface area contributed by atoms with Crippen molar-refractivity contribution in [1.82, 2.24) is 15.5 Å². The molecule has 2 amide bonds. The van der Waals surface area contributed by atoms with Gasteiger partial charge in [0.05, 0.1) is 0 Å². The van der Waals surface area contributed by atoms with Crippen LogP contribution in [0.2, 0.25) is 0 Å². The van der Waals surface area contributed by atoms with Crippen LogP contribution in [0.1, 0.15) is 39.0 Å². The van der Waals surface area contributed by atoms with E-state index in [4.69, 9.17) is 0 Å². The van der Waals surface area contributed by atoms with E-state index in [0.717, 1.165) is 38.9 Å². The number of amides is 2. The topological polar surface area (TPSA) is 61.4 Å². The molecule has 2 unspecified atom stereocenters. The highest BCUT2D eigenvalue weighted by Gasteiger charge is 2.28. The van der Waals surface area contributed by atoms with Gasteiger partial charge in [-0.15, -0.1) is 0 Å². The second-order valence-electron chi connectivity index (χ2n) is 5.18. The third-order valence-corrected chi connectivity index (χ3v) is 3.95. The van der Waals surface area contributed by atoms with Gasteiger partial charge in [0.2, 0.25) is 11.8 Å². The Labute approximate surface area is 108 Å². The van der Waals surface area contributed by atoms with E-state index in [9.17, 15) is 9.59 Å². The zero-order valence-electron chi connectivity index (χ0n) is 11.1. The van der Waals surface area contributed by atoms with Crippen molar-refractivity contribution in [3.05, 3.63) is 0 Å². The molecule has 0 aromatic carbocycles. The Kier molecular flexibility index (Phi) is 4.58. The first-order valence-electron chi connectivity index (χ1n) is 7.02. The molecular formula is C13H23N3O2. The number of piperidine rings is 1. The molecule has 0 radical (unpaired) electrons. The minimum absolute atomic E-state index is 0.0161. The summed E-state index contributed by atoms with van der Waals surface area (Å²) >= 11 is 0. The van der Waals surface area contributed by atoms with Gasteiger partial charge in [-0.1, -0.05) is 6.92 Å². The Hall–Kier alpha value is -1.10. The monoisotopic (exact) mass is 253 g/mol. The van der Waals surface area contributed by atoms with Gasteiger partial charge in [-0.3, -0.25) is 9.59 Å². The Morgan fingerprint density at radius 2 is 2.28 bits per heavy atom.